The molecule has 0 saturated heterocycles. The van der Waals surface area contributed by atoms with Crippen LogP contribution in [0.4, 0.5) is 0 Å². The summed E-state index contributed by atoms with van der Waals surface area (Å²) in [6.45, 7) is 0. The topological polar surface area (TPSA) is 0 Å². The van der Waals surface area contributed by atoms with Gasteiger partial charge in [-0.2, -0.15) is 0 Å². The Balaban J connectivity index is 0. The first-order valence-corrected chi connectivity index (χ1v) is 0. The first-order chi connectivity index (χ1) is 0. The molecule has 0 nitrogen and oxygen atoms in total. The smallest absolute Gasteiger partial charge is 0 e. The maximum atomic E-state index is 0. The van der Waals surface area contributed by atoms with Crippen molar-refractivity contribution in [2.75, 3.05) is 0 Å². The van der Waals surface area contributed by atoms with E-state index < -0.39 is 0 Å². The van der Waals surface area contributed by atoms with Gasteiger partial charge in [-0.25, -0.2) is 0 Å². The van der Waals surface area contributed by atoms with Crippen molar-refractivity contribution in [1.82, 2.24) is 0 Å². The fraction of sp³-hybridized carbons (Fsp3) is 0. The quantitative estimate of drug-likeness (QED) is 0.545. The van der Waals surface area contributed by atoms with Crippen molar-refractivity contribution in [3.05, 3.63) is 0 Å². The summed E-state index contributed by atoms with van der Waals surface area (Å²) in [6, 6.07) is 0. The minimum atomic E-state index is 0. The number of hydrogen-bond donors (Lipinski definition) is 0. The van der Waals surface area contributed by atoms with Crippen LogP contribution in [0.3, 0.4) is 0 Å². The molecule has 5 heavy (non-hydrogen) atoms. The maximum absolute atomic E-state index is 0. The first-order valence-electron chi connectivity index (χ1n) is 0. The van der Waals surface area contributed by atoms with E-state index in [2.05, 4.69) is 0 Å². The molecule has 0 aliphatic heterocycles. The van der Waals surface area contributed by atoms with Crippen LogP contribution in [-0.2, 0) is 85.3 Å². The summed E-state index contributed by atoms with van der Waals surface area (Å²) in [4.78, 5) is 0. The summed E-state index contributed by atoms with van der Waals surface area (Å²) in [6.07, 6.45) is 0. The van der Waals surface area contributed by atoms with E-state index in [0.717, 1.165) is 0 Å². The predicted octanol–water partition coefficient (Wildman–Crippen LogP) is -0.0125. The molecule has 0 N–H and O–H groups in total. The second-order valence-electron chi connectivity index (χ2n) is 0. The van der Waals surface area contributed by atoms with Crippen LogP contribution in [-0.4, -0.2) is 0 Å². The summed E-state index contributed by atoms with van der Waals surface area (Å²) in [5.41, 5.74) is 0. The summed E-state index contributed by atoms with van der Waals surface area (Å²) >= 11 is 0. The van der Waals surface area contributed by atoms with E-state index in [0.29, 0.717) is 0 Å². The van der Waals surface area contributed by atoms with E-state index in [1.165, 1.54) is 0 Å². The summed E-state index contributed by atoms with van der Waals surface area (Å²) < 4.78 is 0. The van der Waals surface area contributed by atoms with Crippen LogP contribution in [0.2, 0.25) is 0 Å². The van der Waals surface area contributed by atoms with Crippen LogP contribution in [0.25, 0.3) is 0 Å². The number of rotatable bonds is 0. The largest absolute Gasteiger partial charge is 0 e. The van der Waals surface area contributed by atoms with Gasteiger partial charge in [-0.15, -0.1) is 0 Å². The molecule has 0 rings (SSSR count). The Bertz CT molecular complexity index is 0. The zero-order valence-electron chi connectivity index (χ0n) is 1.89. The van der Waals surface area contributed by atoms with Gasteiger partial charge in [0.2, 0.25) is 0 Å². The molecular formula is Mn5. The summed E-state index contributed by atoms with van der Waals surface area (Å²) in [7, 11) is 0. The van der Waals surface area contributed by atoms with Gasteiger partial charge in [0, 0.05) is 85.3 Å². The molecule has 0 fully saturated rings. The van der Waals surface area contributed by atoms with E-state index >= 15 is 0 Å². The van der Waals surface area contributed by atoms with E-state index in [4.69, 9.17) is 0 Å². The van der Waals surface area contributed by atoms with Gasteiger partial charge in [0.15, 0.2) is 0 Å². The van der Waals surface area contributed by atoms with Crippen molar-refractivity contribution in [3.8, 4) is 0 Å². The average molecular weight is 275 g/mol. The standard InChI is InChI=1S/5Mn. The zero-order valence-corrected chi connectivity index (χ0v) is 7.79. The van der Waals surface area contributed by atoms with Crippen LogP contribution in [0.5, 0.6) is 0 Å². The first kappa shape index (κ1) is 49.0. The van der Waals surface area contributed by atoms with E-state index in [1.807, 2.05) is 0 Å². The molecule has 0 aromatic rings. The van der Waals surface area contributed by atoms with E-state index in [9.17, 15) is 0 Å². The van der Waals surface area contributed by atoms with Gasteiger partial charge in [0.25, 0.3) is 0 Å². The molecule has 0 saturated carbocycles. The van der Waals surface area contributed by atoms with Crippen molar-refractivity contribution in [2.45, 2.75) is 0 Å². The fourth-order valence-electron chi connectivity index (χ4n) is 0. The second-order valence-corrected chi connectivity index (χ2v) is 0. The molecule has 0 aliphatic carbocycles. The van der Waals surface area contributed by atoms with Gasteiger partial charge in [-0.05, 0) is 0 Å². The van der Waals surface area contributed by atoms with Crippen molar-refractivity contribution in [2.24, 2.45) is 0 Å². The Kier molecular flexibility index (Phi) is 300. The predicted molar refractivity (Wildman–Crippen MR) is 0 cm³/mol. The molecule has 0 aliphatic rings. The third-order valence-corrected chi connectivity index (χ3v) is 0. The Hall–Kier alpha value is 2.60. The number of hydrogen-bond acceptors (Lipinski definition) is 0. The Morgan fingerprint density at radius 3 is 0.200 bits per heavy atom. The Morgan fingerprint density at radius 1 is 0.200 bits per heavy atom. The van der Waals surface area contributed by atoms with Crippen molar-refractivity contribution >= 4 is 0 Å². The molecular weight excluding hydrogens is 275 g/mol. The third kappa shape index (κ3) is 20.7. The van der Waals surface area contributed by atoms with Gasteiger partial charge in [0.05, 0.1) is 0 Å². The molecule has 0 atom stereocenters. The van der Waals surface area contributed by atoms with Crippen molar-refractivity contribution in [1.29, 1.82) is 0 Å². The van der Waals surface area contributed by atoms with Crippen LogP contribution in [0.15, 0.2) is 0 Å². The molecule has 0 aromatic carbocycles. The molecule has 0 unspecified atom stereocenters. The fourth-order valence-corrected chi connectivity index (χ4v) is 0. The summed E-state index contributed by atoms with van der Waals surface area (Å²) in [5.74, 6) is 0. The monoisotopic (exact) mass is 275 g/mol. The second kappa shape index (κ2) is 30.6. The molecule has 35 valence electrons. The maximum Gasteiger partial charge on any atom is 0 e. The van der Waals surface area contributed by atoms with Gasteiger partial charge < -0.3 is 0 Å². The van der Waals surface area contributed by atoms with Crippen LogP contribution < -0.4 is 0 Å². The van der Waals surface area contributed by atoms with Crippen LogP contribution in [0.1, 0.15) is 0 Å². The van der Waals surface area contributed by atoms with Gasteiger partial charge in [0.1, 0.15) is 0 Å². The SMILES string of the molecule is [Mn].[Mn].[Mn].[Mn].[Mn]. The molecule has 0 amide bonds. The van der Waals surface area contributed by atoms with Crippen LogP contribution in [0, 0.1) is 0 Å². The molecule has 5 radical (unpaired) electrons. The molecule has 5 heteroatoms. The van der Waals surface area contributed by atoms with Gasteiger partial charge in [-0.1, -0.05) is 0 Å². The van der Waals surface area contributed by atoms with E-state index in [1.54, 1.807) is 0 Å². The normalized spacial score (nSPS) is 0. The molecule has 0 aromatic heterocycles. The van der Waals surface area contributed by atoms with Crippen molar-refractivity contribution in [3.63, 3.8) is 0 Å². The van der Waals surface area contributed by atoms with E-state index in [-0.39, 0.29) is 85.3 Å². The molecule has 0 spiro atoms. The minimum absolute atomic E-state index is 0. The zero-order chi connectivity index (χ0) is 0. The third-order valence-electron chi connectivity index (χ3n) is 0. The van der Waals surface area contributed by atoms with Gasteiger partial charge in [-0.3, -0.25) is 0 Å². The average Bonchev–Trinajstić information content (AvgIpc) is 0. The molecule has 0 heterocycles. The van der Waals surface area contributed by atoms with Crippen LogP contribution >= 0.6 is 0 Å². The summed E-state index contributed by atoms with van der Waals surface area (Å²) in [5, 5.41) is 0. The van der Waals surface area contributed by atoms with Crippen molar-refractivity contribution < 1.29 is 85.3 Å². The minimum Gasteiger partial charge on any atom is 0 e. The Labute approximate surface area is 84.3 Å². The molecule has 0 bridgehead atoms. The van der Waals surface area contributed by atoms with Gasteiger partial charge >= 0.3 is 0 Å². The Morgan fingerprint density at radius 2 is 0.200 bits per heavy atom.